The maximum atomic E-state index is 12.8. The highest BCUT2D eigenvalue weighted by atomic mass is 16.5. The van der Waals surface area contributed by atoms with Crippen LogP contribution in [0.2, 0.25) is 0 Å². The van der Waals surface area contributed by atoms with E-state index in [2.05, 4.69) is 15.2 Å². The SMILES string of the molecule is CCOC(=O)c1c(C)[nH]c(C=C2C(=O)Nc3ccc(OC)cc32)c1CCCN1CCOCC1. The lowest BCUT2D eigenvalue weighted by molar-refractivity contribution is -0.110. The molecule has 0 radical (unpaired) electrons. The standard InChI is InChI=1S/C25H31N3O5/c1-4-33-25(30)23-16(2)26-22(18(23)6-5-9-28-10-12-32-13-11-28)15-20-19-14-17(31-3)7-8-21(19)27-24(20)29/h7-8,14-15,26H,4-6,9-13H2,1-3H3,(H,27,29). The van der Waals surface area contributed by atoms with Crippen molar-refractivity contribution in [2.45, 2.75) is 26.7 Å². The summed E-state index contributed by atoms with van der Waals surface area (Å²) in [6, 6.07) is 5.50. The van der Waals surface area contributed by atoms with Crippen molar-refractivity contribution in [1.82, 2.24) is 9.88 Å². The number of rotatable bonds is 8. The smallest absolute Gasteiger partial charge is 0.340 e. The molecular formula is C25H31N3O5. The molecule has 2 aliphatic heterocycles. The number of hydrogen-bond acceptors (Lipinski definition) is 6. The fraction of sp³-hybridized carbons (Fsp3) is 0.440. The topological polar surface area (TPSA) is 92.9 Å². The maximum absolute atomic E-state index is 12.8. The van der Waals surface area contributed by atoms with Crippen LogP contribution in [0, 0.1) is 6.92 Å². The Morgan fingerprint density at radius 2 is 2.06 bits per heavy atom. The number of nitrogens with one attached hydrogen (secondary N) is 2. The average molecular weight is 454 g/mol. The van der Waals surface area contributed by atoms with E-state index in [4.69, 9.17) is 14.2 Å². The molecule has 0 saturated carbocycles. The number of nitrogens with zero attached hydrogens (tertiary/aromatic N) is 1. The minimum atomic E-state index is -0.338. The number of morpholine rings is 1. The third-order valence-electron chi connectivity index (χ3n) is 6.11. The molecule has 2 aliphatic rings. The van der Waals surface area contributed by atoms with Crippen LogP contribution in [0.5, 0.6) is 5.75 Å². The predicted molar refractivity (Wildman–Crippen MR) is 127 cm³/mol. The quantitative estimate of drug-likeness (QED) is 0.471. The largest absolute Gasteiger partial charge is 0.497 e. The molecule has 0 bridgehead atoms. The Balaban J connectivity index is 1.67. The second-order valence-corrected chi connectivity index (χ2v) is 8.22. The fourth-order valence-corrected chi connectivity index (χ4v) is 4.45. The second-order valence-electron chi connectivity index (χ2n) is 8.22. The molecule has 2 aromatic rings. The molecule has 8 nitrogen and oxygen atoms in total. The molecule has 33 heavy (non-hydrogen) atoms. The van der Waals surface area contributed by atoms with Crippen molar-refractivity contribution in [2.75, 3.05) is 51.9 Å². The zero-order valence-corrected chi connectivity index (χ0v) is 19.5. The number of aromatic amines is 1. The van der Waals surface area contributed by atoms with E-state index in [0.717, 1.165) is 67.5 Å². The summed E-state index contributed by atoms with van der Waals surface area (Å²) in [6.07, 6.45) is 3.42. The molecule has 0 spiro atoms. The van der Waals surface area contributed by atoms with Gasteiger partial charge in [-0.05, 0) is 63.1 Å². The predicted octanol–water partition coefficient (Wildman–Crippen LogP) is 3.27. The Morgan fingerprint density at radius 3 is 2.79 bits per heavy atom. The normalized spacial score (nSPS) is 17.2. The lowest BCUT2D eigenvalue weighted by Crippen LogP contribution is -2.37. The number of hydrogen-bond donors (Lipinski definition) is 2. The summed E-state index contributed by atoms with van der Waals surface area (Å²) < 4.78 is 16.1. The Kier molecular flexibility index (Phi) is 7.15. The van der Waals surface area contributed by atoms with Gasteiger partial charge in [0.15, 0.2) is 0 Å². The first-order valence-electron chi connectivity index (χ1n) is 11.4. The number of anilines is 1. The summed E-state index contributed by atoms with van der Waals surface area (Å²) >= 11 is 0. The van der Waals surface area contributed by atoms with Crippen molar-refractivity contribution in [1.29, 1.82) is 0 Å². The number of amides is 1. The zero-order chi connectivity index (χ0) is 23.4. The van der Waals surface area contributed by atoms with Crippen molar-refractivity contribution >= 4 is 29.2 Å². The number of benzene rings is 1. The van der Waals surface area contributed by atoms with E-state index in [1.54, 1.807) is 14.0 Å². The van der Waals surface area contributed by atoms with Crippen LogP contribution < -0.4 is 10.1 Å². The maximum Gasteiger partial charge on any atom is 0.340 e. The van der Waals surface area contributed by atoms with Gasteiger partial charge >= 0.3 is 5.97 Å². The van der Waals surface area contributed by atoms with Crippen LogP contribution in [0.3, 0.4) is 0 Å². The zero-order valence-electron chi connectivity index (χ0n) is 19.5. The van der Waals surface area contributed by atoms with Gasteiger partial charge in [-0.2, -0.15) is 0 Å². The summed E-state index contributed by atoms with van der Waals surface area (Å²) in [5.74, 6) is 0.162. The number of ether oxygens (including phenoxy) is 3. The number of carbonyl (C=O) groups is 2. The summed E-state index contributed by atoms with van der Waals surface area (Å²) in [4.78, 5) is 31.2. The molecule has 1 fully saturated rings. The fourth-order valence-electron chi connectivity index (χ4n) is 4.45. The van der Waals surface area contributed by atoms with E-state index in [1.807, 2.05) is 31.2 Å². The minimum absolute atomic E-state index is 0.178. The monoisotopic (exact) mass is 453 g/mol. The molecule has 4 rings (SSSR count). The van der Waals surface area contributed by atoms with E-state index < -0.39 is 0 Å². The van der Waals surface area contributed by atoms with Crippen LogP contribution in [0.4, 0.5) is 5.69 Å². The van der Waals surface area contributed by atoms with Crippen molar-refractivity contribution in [2.24, 2.45) is 0 Å². The highest BCUT2D eigenvalue weighted by molar-refractivity contribution is 6.35. The molecule has 176 valence electrons. The third kappa shape index (κ3) is 4.96. The van der Waals surface area contributed by atoms with Crippen LogP contribution in [0.1, 0.15) is 46.2 Å². The summed E-state index contributed by atoms with van der Waals surface area (Å²) in [7, 11) is 1.60. The van der Waals surface area contributed by atoms with Gasteiger partial charge in [-0.1, -0.05) is 0 Å². The number of fused-ring (bicyclic) bond motifs is 1. The van der Waals surface area contributed by atoms with Crippen LogP contribution in [0.25, 0.3) is 11.6 Å². The Bertz CT molecular complexity index is 1070. The van der Waals surface area contributed by atoms with Crippen molar-refractivity contribution in [3.8, 4) is 5.75 Å². The van der Waals surface area contributed by atoms with Crippen LogP contribution in [-0.2, 0) is 20.7 Å². The van der Waals surface area contributed by atoms with Crippen molar-refractivity contribution in [3.05, 3.63) is 46.3 Å². The van der Waals surface area contributed by atoms with E-state index in [-0.39, 0.29) is 11.9 Å². The summed E-state index contributed by atoms with van der Waals surface area (Å²) in [6.45, 7) is 8.26. The lowest BCUT2D eigenvalue weighted by atomic mass is 10.00. The van der Waals surface area contributed by atoms with E-state index in [0.29, 0.717) is 29.9 Å². The first-order valence-corrected chi connectivity index (χ1v) is 11.4. The number of esters is 1. The van der Waals surface area contributed by atoms with Gasteiger partial charge in [0.1, 0.15) is 5.75 Å². The highest BCUT2D eigenvalue weighted by Gasteiger charge is 2.27. The first-order chi connectivity index (χ1) is 16.0. The molecule has 0 unspecified atom stereocenters. The number of methoxy groups -OCH3 is 1. The van der Waals surface area contributed by atoms with E-state index in [9.17, 15) is 9.59 Å². The van der Waals surface area contributed by atoms with Gasteiger partial charge in [0, 0.05) is 35.7 Å². The summed E-state index contributed by atoms with van der Waals surface area (Å²) in [5.41, 5.74) is 5.02. The molecule has 1 amide bonds. The Hall–Kier alpha value is -3.10. The molecule has 0 aliphatic carbocycles. The number of H-pyrrole nitrogens is 1. The molecule has 8 heteroatoms. The minimum Gasteiger partial charge on any atom is -0.497 e. The van der Waals surface area contributed by atoms with Crippen LogP contribution >= 0.6 is 0 Å². The summed E-state index contributed by atoms with van der Waals surface area (Å²) in [5, 5.41) is 2.90. The molecular weight excluding hydrogens is 422 g/mol. The van der Waals surface area contributed by atoms with Gasteiger partial charge in [-0.15, -0.1) is 0 Å². The van der Waals surface area contributed by atoms with Gasteiger partial charge in [0.2, 0.25) is 0 Å². The Labute approximate surface area is 193 Å². The van der Waals surface area contributed by atoms with Gasteiger partial charge in [0.25, 0.3) is 5.91 Å². The number of carbonyl (C=O) groups excluding carboxylic acids is 2. The van der Waals surface area contributed by atoms with E-state index >= 15 is 0 Å². The molecule has 3 heterocycles. The molecule has 2 N–H and O–H groups in total. The van der Waals surface area contributed by atoms with E-state index in [1.165, 1.54) is 0 Å². The second kappa shape index (κ2) is 10.2. The molecule has 1 aromatic heterocycles. The molecule has 1 saturated heterocycles. The molecule has 1 aromatic carbocycles. The van der Waals surface area contributed by atoms with Crippen molar-refractivity contribution < 1.29 is 23.8 Å². The first kappa shape index (κ1) is 23.1. The third-order valence-corrected chi connectivity index (χ3v) is 6.11. The number of aromatic nitrogens is 1. The number of aryl methyl sites for hydroxylation is 1. The van der Waals surface area contributed by atoms with Crippen LogP contribution in [-0.4, -0.2) is 68.3 Å². The van der Waals surface area contributed by atoms with Gasteiger partial charge in [0.05, 0.1) is 38.1 Å². The average Bonchev–Trinajstić information content (AvgIpc) is 3.30. The molecule has 0 atom stereocenters. The Morgan fingerprint density at radius 1 is 1.27 bits per heavy atom. The van der Waals surface area contributed by atoms with Crippen LogP contribution in [0.15, 0.2) is 18.2 Å². The van der Waals surface area contributed by atoms with Gasteiger partial charge in [-0.3, -0.25) is 9.69 Å². The highest BCUT2D eigenvalue weighted by Crippen LogP contribution is 2.36. The van der Waals surface area contributed by atoms with Crippen molar-refractivity contribution in [3.63, 3.8) is 0 Å². The lowest BCUT2D eigenvalue weighted by Gasteiger charge is -2.26. The van der Waals surface area contributed by atoms with Gasteiger partial charge < -0.3 is 24.5 Å². The van der Waals surface area contributed by atoms with Gasteiger partial charge in [-0.25, -0.2) is 4.79 Å².